The largest absolute Gasteiger partial charge is 0.444 e. The van der Waals surface area contributed by atoms with Crippen LogP contribution in [0, 0.1) is 6.92 Å². The van der Waals surface area contributed by atoms with E-state index in [1.807, 2.05) is 31.2 Å². The number of nitrogens with one attached hydrogen (secondary N) is 1. The van der Waals surface area contributed by atoms with Crippen molar-refractivity contribution in [1.29, 1.82) is 0 Å². The SMILES string of the molecule is Cc1ccc(-c2nc(CCNc3ncc(S(N)(=O)=O)s3)co2)cc1. The second-order valence-corrected chi connectivity index (χ2v) is 8.04. The Morgan fingerprint density at radius 3 is 2.71 bits per heavy atom. The molecule has 24 heavy (non-hydrogen) atoms. The summed E-state index contributed by atoms with van der Waals surface area (Å²) in [4.78, 5) is 8.43. The molecule has 2 aromatic heterocycles. The van der Waals surface area contributed by atoms with E-state index in [1.165, 1.54) is 11.8 Å². The number of nitrogens with two attached hydrogens (primary N) is 1. The quantitative estimate of drug-likeness (QED) is 0.695. The van der Waals surface area contributed by atoms with Crippen molar-refractivity contribution in [1.82, 2.24) is 9.97 Å². The summed E-state index contributed by atoms with van der Waals surface area (Å²) in [6, 6.07) is 7.94. The maximum atomic E-state index is 11.2. The van der Waals surface area contributed by atoms with Crippen LogP contribution in [0.5, 0.6) is 0 Å². The zero-order chi connectivity index (χ0) is 17.2. The average molecular weight is 364 g/mol. The summed E-state index contributed by atoms with van der Waals surface area (Å²) < 4.78 is 27.9. The Balaban J connectivity index is 1.58. The van der Waals surface area contributed by atoms with Gasteiger partial charge in [-0.25, -0.2) is 23.5 Å². The molecule has 9 heteroatoms. The van der Waals surface area contributed by atoms with Gasteiger partial charge in [-0.3, -0.25) is 0 Å². The minimum atomic E-state index is -3.70. The van der Waals surface area contributed by atoms with Crippen LogP contribution >= 0.6 is 11.3 Å². The molecule has 126 valence electrons. The zero-order valence-electron chi connectivity index (χ0n) is 12.9. The summed E-state index contributed by atoms with van der Waals surface area (Å²) in [5, 5.41) is 8.60. The third kappa shape index (κ3) is 3.99. The van der Waals surface area contributed by atoms with Crippen molar-refractivity contribution in [2.45, 2.75) is 17.6 Å². The van der Waals surface area contributed by atoms with Crippen molar-refractivity contribution in [2.24, 2.45) is 5.14 Å². The molecule has 7 nitrogen and oxygen atoms in total. The highest BCUT2D eigenvalue weighted by Gasteiger charge is 2.12. The van der Waals surface area contributed by atoms with Gasteiger partial charge < -0.3 is 9.73 Å². The van der Waals surface area contributed by atoms with Gasteiger partial charge in [0.05, 0.1) is 11.9 Å². The summed E-state index contributed by atoms with van der Waals surface area (Å²) in [5.41, 5.74) is 2.91. The lowest BCUT2D eigenvalue weighted by Gasteiger charge is -1.99. The predicted molar refractivity (Wildman–Crippen MR) is 92.4 cm³/mol. The van der Waals surface area contributed by atoms with Crippen LogP contribution in [0.3, 0.4) is 0 Å². The average Bonchev–Trinajstić information content (AvgIpc) is 3.17. The molecule has 0 aliphatic carbocycles. The minimum absolute atomic E-state index is 0.0353. The number of rotatable bonds is 6. The molecule has 0 saturated heterocycles. The van der Waals surface area contributed by atoms with Gasteiger partial charge in [0.15, 0.2) is 9.34 Å². The summed E-state index contributed by atoms with van der Waals surface area (Å²) in [7, 11) is -3.70. The van der Waals surface area contributed by atoms with Crippen molar-refractivity contribution in [2.75, 3.05) is 11.9 Å². The van der Waals surface area contributed by atoms with E-state index < -0.39 is 10.0 Å². The Hall–Kier alpha value is -2.23. The Kier molecular flexibility index (Phi) is 4.65. The lowest BCUT2D eigenvalue weighted by Crippen LogP contribution is -2.10. The molecule has 3 aromatic rings. The van der Waals surface area contributed by atoms with Gasteiger partial charge >= 0.3 is 0 Å². The van der Waals surface area contributed by atoms with E-state index in [4.69, 9.17) is 9.56 Å². The van der Waals surface area contributed by atoms with E-state index in [0.29, 0.717) is 24.0 Å². The number of aromatic nitrogens is 2. The van der Waals surface area contributed by atoms with Gasteiger partial charge in [0.2, 0.25) is 15.9 Å². The monoisotopic (exact) mass is 364 g/mol. The van der Waals surface area contributed by atoms with Gasteiger partial charge in [0.25, 0.3) is 0 Å². The summed E-state index contributed by atoms with van der Waals surface area (Å²) in [5.74, 6) is 0.579. The molecule has 0 aliphatic heterocycles. The fraction of sp³-hybridized carbons (Fsp3) is 0.200. The van der Waals surface area contributed by atoms with E-state index in [-0.39, 0.29) is 4.21 Å². The van der Waals surface area contributed by atoms with E-state index in [0.717, 1.165) is 22.6 Å². The highest BCUT2D eigenvalue weighted by molar-refractivity contribution is 7.91. The molecule has 0 unspecified atom stereocenters. The highest BCUT2D eigenvalue weighted by atomic mass is 32.2. The van der Waals surface area contributed by atoms with Crippen molar-refractivity contribution in [3.63, 3.8) is 0 Å². The number of thiazole rings is 1. The Bertz CT molecular complexity index is 930. The predicted octanol–water partition coefficient (Wildman–Crippen LogP) is 2.41. The summed E-state index contributed by atoms with van der Waals surface area (Å²) in [6.07, 6.45) is 3.49. The van der Waals surface area contributed by atoms with Crippen LogP contribution < -0.4 is 10.5 Å². The lowest BCUT2D eigenvalue weighted by molar-refractivity contribution is 0.572. The molecule has 3 N–H and O–H groups in total. The number of primary sulfonamides is 1. The van der Waals surface area contributed by atoms with Crippen molar-refractivity contribution in [3.8, 4) is 11.5 Å². The summed E-state index contributed by atoms with van der Waals surface area (Å²) in [6.45, 7) is 2.58. The fourth-order valence-electron chi connectivity index (χ4n) is 2.02. The number of oxazole rings is 1. The Labute approximate surface area is 143 Å². The highest BCUT2D eigenvalue weighted by Crippen LogP contribution is 2.22. The fourth-order valence-corrected chi connectivity index (χ4v) is 3.50. The Morgan fingerprint density at radius 1 is 1.29 bits per heavy atom. The third-order valence-corrected chi connectivity index (χ3v) is 5.64. The number of hydrogen-bond donors (Lipinski definition) is 2. The first-order chi connectivity index (χ1) is 11.4. The van der Waals surface area contributed by atoms with Crippen LogP contribution in [-0.4, -0.2) is 24.9 Å². The number of sulfonamides is 1. The van der Waals surface area contributed by atoms with Gasteiger partial charge in [0.1, 0.15) is 6.26 Å². The lowest BCUT2D eigenvalue weighted by atomic mass is 10.1. The van der Waals surface area contributed by atoms with Crippen molar-refractivity contribution < 1.29 is 12.8 Å². The number of benzene rings is 1. The molecule has 0 spiro atoms. The molecule has 3 rings (SSSR count). The van der Waals surface area contributed by atoms with Crippen LogP contribution in [0.25, 0.3) is 11.5 Å². The normalized spacial score (nSPS) is 11.6. The van der Waals surface area contributed by atoms with Crippen LogP contribution in [0.15, 0.2) is 45.4 Å². The molecule has 0 bridgehead atoms. The standard InChI is InChI=1S/C15H16N4O3S2/c1-10-2-4-11(5-3-10)14-19-12(9-22-14)6-7-17-15-18-8-13(23-15)24(16,20)21/h2-5,8-9H,6-7H2,1H3,(H,17,18)(H2,16,20,21). The molecule has 0 radical (unpaired) electrons. The first kappa shape index (κ1) is 16.6. The Morgan fingerprint density at radius 2 is 2.04 bits per heavy atom. The van der Waals surface area contributed by atoms with Crippen molar-refractivity contribution in [3.05, 3.63) is 48.0 Å². The minimum Gasteiger partial charge on any atom is -0.444 e. The third-order valence-electron chi connectivity index (χ3n) is 3.27. The second-order valence-electron chi connectivity index (χ2n) is 5.22. The number of aryl methyl sites for hydroxylation is 1. The van der Waals surface area contributed by atoms with Crippen LogP contribution in [0.2, 0.25) is 0 Å². The van der Waals surface area contributed by atoms with Crippen molar-refractivity contribution >= 4 is 26.5 Å². The van der Waals surface area contributed by atoms with E-state index in [2.05, 4.69) is 15.3 Å². The number of anilines is 1. The smallest absolute Gasteiger partial charge is 0.249 e. The maximum absolute atomic E-state index is 11.2. The van der Waals surface area contributed by atoms with Gasteiger partial charge in [-0.2, -0.15) is 0 Å². The number of hydrogen-bond acceptors (Lipinski definition) is 7. The topological polar surface area (TPSA) is 111 Å². The summed E-state index contributed by atoms with van der Waals surface area (Å²) >= 11 is 0.999. The first-order valence-corrected chi connectivity index (χ1v) is 9.52. The van der Waals surface area contributed by atoms with Gasteiger partial charge in [-0.15, -0.1) is 0 Å². The second kappa shape index (κ2) is 6.71. The molecule has 0 amide bonds. The zero-order valence-corrected chi connectivity index (χ0v) is 14.5. The van der Waals surface area contributed by atoms with Crippen LogP contribution in [0.4, 0.5) is 5.13 Å². The molecule has 0 aliphatic rings. The molecule has 0 saturated carbocycles. The van der Waals surface area contributed by atoms with Gasteiger partial charge in [-0.1, -0.05) is 29.0 Å². The maximum Gasteiger partial charge on any atom is 0.249 e. The number of nitrogens with zero attached hydrogens (tertiary/aromatic N) is 2. The van der Waals surface area contributed by atoms with Crippen LogP contribution in [0.1, 0.15) is 11.3 Å². The molecular formula is C15H16N4O3S2. The van der Waals surface area contributed by atoms with E-state index in [9.17, 15) is 8.42 Å². The first-order valence-electron chi connectivity index (χ1n) is 7.16. The molecule has 0 fully saturated rings. The molecule has 1 aromatic carbocycles. The van der Waals surface area contributed by atoms with E-state index in [1.54, 1.807) is 6.26 Å². The molecule has 2 heterocycles. The van der Waals surface area contributed by atoms with Gasteiger partial charge in [-0.05, 0) is 19.1 Å². The molecular weight excluding hydrogens is 348 g/mol. The van der Waals surface area contributed by atoms with E-state index >= 15 is 0 Å². The van der Waals surface area contributed by atoms with Gasteiger partial charge in [0, 0.05) is 18.5 Å². The van der Waals surface area contributed by atoms with Crippen LogP contribution in [-0.2, 0) is 16.4 Å². The molecule has 0 atom stereocenters.